The number of carbonyl (C=O) groups excluding carboxylic acids is 1. The third-order valence-electron chi connectivity index (χ3n) is 5.05. The number of hydrogen-bond donors (Lipinski definition) is 3. The summed E-state index contributed by atoms with van der Waals surface area (Å²) in [7, 11) is 5.43. The van der Waals surface area contributed by atoms with Gasteiger partial charge in [0, 0.05) is 23.7 Å². The molecule has 9 nitrogen and oxygen atoms in total. The molecule has 0 atom stereocenters. The molecule has 4 aromatic rings. The van der Waals surface area contributed by atoms with Gasteiger partial charge in [0.15, 0.2) is 5.82 Å². The molecule has 0 saturated carbocycles. The van der Waals surface area contributed by atoms with Gasteiger partial charge in [-0.1, -0.05) is 35.9 Å². The number of amides is 1. The molecule has 4 rings (SSSR count). The number of aromatic nitrogens is 3. The Kier molecular flexibility index (Phi) is 7.94. The molecule has 0 unspecified atom stereocenters. The van der Waals surface area contributed by atoms with E-state index >= 15 is 0 Å². The smallest absolute Gasteiger partial charge is 0.248 e. The van der Waals surface area contributed by atoms with Crippen LogP contribution >= 0.6 is 11.6 Å². The van der Waals surface area contributed by atoms with Crippen LogP contribution in [0.15, 0.2) is 73.1 Å². The Morgan fingerprint density at radius 2 is 1.89 bits per heavy atom. The first-order chi connectivity index (χ1) is 17.4. The third-order valence-corrected chi connectivity index (χ3v) is 5.33. The normalized spacial score (nSPS) is 11.1. The standard InChI is InChI=1S/C26H26ClN7O2/c1-34(2)12-6-9-24(35)30-18-10-11-23(36-3)22(14-18)32-26-29-16-20(27)25(33-26)31-19-13-17-7-4-5-8-21(17)28-15-19/h4-11,13-16H,12H2,1-3H3,(H,30,35)(H2,29,31,32,33)/b9-6+. The molecule has 184 valence electrons. The maximum absolute atomic E-state index is 12.2. The molecule has 3 N–H and O–H groups in total. The number of rotatable bonds is 9. The lowest BCUT2D eigenvalue weighted by Gasteiger charge is -2.14. The zero-order valence-corrected chi connectivity index (χ0v) is 20.9. The number of pyridine rings is 1. The summed E-state index contributed by atoms with van der Waals surface area (Å²) in [4.78, 5) is 27.4. The van der Waals surface area contributed by atoms with Crippen molar-refractivity contribution in [1.82, 2.24) is 19.9 Å². The van der Waals surface area contributed by atoms with Crippen molar-refractivity contribution in [1.29, 1.82) is 0 Å². The Morgan fingerprint density at radius 1 is 1.06 bits per heavy atom. The van der Waals surface area contributed by atoms with E-state index in [4.69, 9.17) is 16.3 Å². The van der Waals surface area contributed by atoms with E-state index < -0.39 is 0 Å². The molecule has 10 heteroatoms. The fraction of sp³-hybridized carbons (Fsp3) is 0.154. The predicted octanol–water partition coefficient (Wildman–Crippen LogP) is 5.23. The molecular formula is C26H26ClN7O2. The SMILES string of the molecule is COc1ccc(NC(=O)/C=C/CN(C)C)cc1Nc1ncc(Cl)c(Nc2cnc3ccccc3c2)n1. The molecule has 36 heavy (non-hydrogen) atoms. The van der Waals surface area contributed by atoms with Crippen molar-refractivity contribution in [3.05, 3.63) is 78.1 Å². The van der Waals surface area contributed by atoms with Gasteiger partial charge in [0.1, 0.15) is 10.8 Å². The molecule has 0 aliphatic carbocycles. The van der Waals surface area contributed by atoms with Crippen molar-refractivity contribution in [2.75, 3.05) is 43.7 Å². The van der Waals surface area contributed by atoms with E-state index in [9.17, 15) is 4.79 Å². The molecule has 0 aliphatic heterocycles. The van der Waals surface area contributed by atoms with E-state index in [0.717, 1.165) is 16.6 Å². The van der Waals surface area contributed by atoms with Crippen LogP contribution in [0.4, 0.5) is 28.8 Å². The van der Waals surface area contributed by atoms with Crippen LogP contribution in [-0.2, 0) is 4.79 Å². The van der Waals surface area contributed by atoms with Gasteiger partial charge < -0.3 is 25.6 Å². The Bertz CT molecular complexity index is 1410. The molecule has 1 amide bonds. The van der Waals surface area contributed by atoms with E-state index in [1.165, 1.54) is 12.3 Å². The molecule has 0 fully saturated rings. The number of ether oxygens (including phenoxy) is 1. The second kappa shape index (κ2) is 11.5. The van der Waals surface area contributed by atoms with Crippen LogP contribution in [0.2, 0.25) is 5.02 Å². The van der Waals surface area contributed by atoms with Gasteiger partial charge in [-0.2, -0.15) is 4.98 Å². The van der Waals surface area contributed by atoms with Crippen molar-refractivity contribution in [3.63, 3.8) is 0 Å². The van der Waals surface area contributed by atoms with Crippen LogP contribution in [0.5, 0.6) is 5.75 Å². The molecular weight excluding hydrogens is 478 g/mol. The van der Waals surface area contributed by atoms with Gasteiger partial charge in [-0.15, -0.1) is 0 Å². The molecule has 2 aromatic heterocycles. The van der Waals surface area contributed by atoms with Crippen LogP contribution in [0.25, 0.3) is 10.9 Å². The van der Waals surface area contributed by atoms with Crippen molar-refractivity contribution in [2.24, 2.45) is 0 Å². The van der Waals surface area contributed by atoms with Crippen molar-refractivity contribution < 1.29 is 9.53 Å². The van der Waals surface area contributed by atoms with E-state index in [-0.39, 0.29) is 5.91 Å². The summed E-state index contributed by atoms with van der Waals surface area (Å²) in [6.07, 6.45) is 6.51. The fourth-order valence-electron chi connectivity index (χ4n) is 3.35. The number of hydrogen-bond acceptors (Lipinski definition) is 8. The molecule has 0 radical (unpaired) electrons. The summed E-state index contributed by atoms with van der Waals surface area (Å²) in [6.45, 7) is 0.669. The zero-order chi connectivity index (χ0) is 25.5. The van der Waals surface area contributed by atoms with Crippen LogP contribution < -0.4 is 20.7 Å². The average molecular weight is 504 g/mol. The lowest BCUT2D eigenvalue weighted by atomic mass is 10.2. The first-order valence-corrected chi connectivity index (χ1v) is 11.5. The summed E-state index contributed by atoms with van der Waals surface area (Å²) in [5, 5.41) is 10.5. The fourth-order valence-corrected chi connectivity index (χ4v) is 3.49. The lowest BCUT2D eigenvalue weighted by Crippen LogP contribution is -2.13. The van der Waals surface area contributed by atoms with Gasteiger partial charge in [-0.05, 0) is 44.4 Å². The number of anilines is 5. The quantitative estimate of drug-likeness (QED) is 0.267. The van der Waals surface area contributed by atoms with E-state index in [0.29, 0.717) is 40.5 Å². The number of para-hydroxylation sites is 1. The van der Waals surface area contributed by atoms with E-state index in [1.807, 2.05) is 49.3 Å². The maximum atomic E-state index is 12.2. The third kappa shape index (κ3) is 6.47. The number of halogens is 1. The van der Waals surface area contributed by atoms with Gasteiger partial charge in [0.25, 0.3) is 0 Å². The Balaban J connectivity index is 1.52. The average Bonchev–Trinajstić information content (AvgIpc) is 2.86. The van der Waals surface area contributed by atoms with Gasteiger partial charge in [-0.25, -0.2) is 4.98 Å². The highest BCUT2D eigenvalue weighted by Crippen LogP contribution is 2.31. The van der Waals surface area contributed by atoms with Gasteiger partial charge in [0.05, 0.1) is 36.4 Å². The lowest BCUT2D eigenvalue weighted by molar-refractivity contribution is -0.111. The van der Waals surface area contributed by atoms with Gasteiger partial charge in [0.2, 0.25) is 11.9 Å². The highest BCUT2D eigenvalue weighted by molar-refractivity contribution is 6.32. The number of nitrogens with zero attached hydrogens (tertiary/aromatic N) is 4. The largest absolute Gasteiger partial charge is 0.495 e. The summed E-state index contributed by atoms with van der Waals surface area (Å²) in [5.74, 6) is 1.04. The minimum atomic E-state index is -0.230. The number of fused-ring (bicyclic) bond motifs is 1. The topological polar surface area (TPSA) is 104 Å². The Hall–Kier alpha value is -4.21. The molecule has 2 heterocycles. The number of likely N-dealkylation sites (N-methyl/N-ethyl adjacent to an activating group) is 1. The summed E-state index contributed by atoms with van der Waals surface area (Å²) in [6, 6.07) is 15.0. The van der Waals surface area contributed by atoms with Crippen LogP contribution in [0.1, 0.15) is 0 Å². The summed E-state index contributed by atoms with van der Waals surface area (Å²) >= 11 is 6.35. The van der Waals surface area contributed by atoms with Crippen LogP contribution in [0.3, 0.4) is 0 Å². The molecule has 0 saturated heterocycles. The second-order valence-electron chi connectivity index (χ2n) is 8.13. The molecule has 0 spiro atoms. The zero-order valence-electron chi connectivity index (χ0n) is 20.1. The number of methoxy groups -OCH3 is 1. The minimum Gasteiger partial charge on any atom is -0.495 e. The molecule has 0 bridgehead atoms. The van der Waals surface area contributed by atoms with Gasteiger partial charge >= 0.3 is 0 Å². The number of nitrogens with one attached hydrogen (secondary N) is 3. The van der Waals surface area contributed by atoms with Crippen molar-refractivity contribution in [3.8, 4) is 5.75 Å². The first-order valence-electron chi connectivity index (χ1n) is 11.1. The second-order valence-corrected chi connectivity index (χ2v) is 8.53. The van der Waals surface area contributed by atoms with E-state index in [1.54, 1.807) is 37.6 Å². The molecule has 0 aliphatic rings. The molecule has 2 aromatic carbocycles. The Morgan fingerprint density at radius 3 is 2.69 bits per heavy atom. The highest BCUT2D eigenvalue weighted by atomic mass is 35.5. The van der Waals surface area contributed by atoms with E-state index in [2.05, 4.69) is 30.9 Å². The maximum Gasteiger partial charge on any atom is 0.248 e. The monoisotopic (exact) mass is 503 g/mol. The van der Waals surface area contributed by atoms with Gasteiger partial charge in [-0.3, -0.25) is 9.78 Å². The summed E-state index contributed by atoms with van der Waals surface area (Å²) in [5.41, 5.74) is 2.80. The predicted molar refractivity (Wildman–Crippen MR) is 145 cm³/mol. The van der Waals surface area contributed by atoms with Crippen LogP contribution in [-0.4, -0.2) is 53.5 Å². The number of carbonyl (C=O) groups is 1. The van der Waals surface area contributed by atoms with Crippen molar-refractivity contribution >= 4 is 57.2 Å². The summed E-state index contributed by atoms with van der Waals surface area (Å²) < 4.78 is 5.46. The number of benzene rings is 2. The van der Waals surface area contributed by atoms with Crippen LogP contribution in [0, 0.1) is 0 Å². The minimum absolute atomic E-state index is 0.230. The Labute approximate surface area is 214 Å². The van der Waals surface area contributed by atoms with Crippen molar-refractivity contribution in [2.45, 2.75) is 0 Å². The first kappa shape index (κ1) is 24.9. The highest BCUT2D eigenvalue weighted by Gasteiger charge is 2.11.